The zero-order valence-corrected chi connectivity index (χ0v) is 11.4. The standard InChI is InChI=1S/C16H14FN3O/c1-10(15-19-13-7-2-3-8-14(13)20-15)18-16(21)11-5-4-6-12(17)9-11/h2-10H,1H3,(H,18,21)(H,19,20). The Balaban J connectivity index is 1.79. The molecule has 0 bridgehead atoms. The number of imidazole rings is 1. The fraction of sp³-hybridized carbons (Fsp3) is 0.125. The van der Waals surface area contributed by atoms with Crippen molar-refractivity contribution in [1.82, 2.24) is 15.3 Å². The highest BCUT2D eigenvalue weighted by Gasteiger charge is 2.15. The summed E-state index contributed by atoms with van der Waals surface area (Å²) in [5.41, 5.74) is 2.05. The Morgan fingerprint density at radius 2 is 2.05 bits per heavy atom. The van der Waals surface area contributed by atoms with Gasteiger partial charge in [0.2, 0.25) is 0 Å². The second-order valence-electron chi connectivity index (χ2n) is 4.84. The number of halogens is 1. The maximum atomic E-state index is 13.1. The Morgan fingerprint density at radius 3 is 2.81 bits per heavy atom. The highest BCUT2D eigenvalue weighted by Crippen LogP contribution is 2.16. The SMILES string of the molecule is CC(NC(=O)c1cccc(F)c1)c1nc2ccccc2[nH]1. The molecule has 2 N–H and O–H groups in total. The summed E-state index contributed by atoms with van der Waals surface area (Å²) in [5, 5.41) is 2.80. The number of fused-ring (bicyclic) bond motifs is 1. The summed E-state index contributed by atoms with van der Waals surface area (Å²) in [6, 6.07) is 12.9. The Bertz CT molecular complexity index is 764. The van der Waals surface area contributed by atoms with Gasteiger partial charge in [0.15, 0.2) is 0 Å². The summed E-state index contributed by atoms with van der Waals surface area (Å²) in [6.45, 7) is 1.83. The number of aromatic nitrogens is 2. The first-order chi connectivity index (χ1) is 10.1. The minimum atomic E-state index is -0.431. The van der Waals surface area contributed by atoms with E-state index in [1.807, 2.05) is 31.2 Å². The van der Waals surface area contributed by atoms with Crippen LogP contribution in [0.5, 0.6) is 0 Å². The first kappa shape index (κ1) is 13.3. The number of amides is 1. The highest BCUT2D eigenvalue weighted by molar-refractivity contribution is 5.94. The Morgan fingerprint density at radius 1 is 1.24 bits per heavy atom. The molecule has 21 heavy (non-hydrogen) atoms. The van der Waals surface area contributed by atoms with E-state index in [4.69, 9.17) is 0 Å². The molecule has 3 aromatic rings. The van der Waals surface area contributed by atoms with Crippen molar-refractivity contribution >= 4 is 16.9 Å². The van der Waals surface area contributed by atoms with Crippen LogP contribution in [0.2, 0.25) is 0 Å². The Hall–Kier alpha value is -2.69. The van der Waals surface area contributed by atoms with Crippen LogP contribution in [-0.4, -0.2) is 15.9 Å². The van der Waals surface area contributed by atoms with E-state index in [1.54, 1.807) is 6.07 Å². The number of aromatic amines is 1. The third kappa shape index (κ3) is 2.76. The van der Waals surface area contributed by atoms with Gasteiger partial charge in [-0.15, -0.1) is 0 Å². The van der Waals surface area contributed by atoms with Gasteiger partial charge in [-0.25, -0.2) is 9.37 Å². The lowest BCUT2D eigenvalue weighted by atomic mass is 10.2. The van der Waals surface area contributed by atoms with E-state index in [0.29, 0.717) is 5.82 Å². The minimum absolute atomic E-state index is 0.290. The third-order valence-electron chi connectivity index (χ3n) is 3.25. The lowest BCUT2D eigenvalue weighted by Crippen LogP contribution is -2.27. The number of H-pyrrole nitrogens is 1. The van der Waals surface area contributed by atoms with E-state index >= 15 is 0 Å². The van der Waals surface area contributed by atoms with E-state index in [0.717, 1.165) is 11.0 Å². The molecule has 0 spiro atoms. The number of hydrogen-bond donors (Lipinski definition) is 2. The average molecular weight is 283 g/mol. The first-order valence-corrected chi connectivity index (χ1v) is 6.64. The molecule has 1 atom stereocenters. The lowest BCUT2D eigenvalue weighted by Gasteiger charge is -2.11. The average Bonchev–Trinajstić information content (AvgIpc) is 2.91. The molecular formula is C16H14FN3O. The van der Waals surface area contributed by atoms with Crippen molar-refractivity contribution in [1.29, 1.82) is 0 Å². The second-order valence-corrected chi connectivity index (χ2v) is 4.84. The summed E-state index contributed by atoms with van der Waals surface area (Å²) < 4.78 is 13.1. The van der Waals surface area contributed by atoms with Crippen LogP contribution in [0.4, 0.5) is 4.39 Å². The van der Waals surface area contributed by atoms with Gasteiger partial charge in [-0.1, -0.05) is 18.2 Å². The number of para-hydroxylation sites is 2. The monoisotopic (exact) mass is 283 g/mol. The molecule has 2 aromatic carbocycles. The van der Waals surface area contributed by atoms with Gasteiger partial charge in [0, 0.05) is 5.56 Å². The van der Waals surface area contributed by atoms with Gasteiger partial charge in [-0.2, -0.15) is 0 Å². The maximum absolute atomic E-state index is 13.1. The molecule has 1 amide bonds. The van der Waals surface area contributed by atoms with Gasteiger partial charge >= 0.3 is 0 Å². The molecule has 106 valence electrons. The summed E-state index contributed by atoms with van der Waals surface area (Å²) >= 11 is 0. The van der Waals surface area contributed by atoms with Crippen molar-refractivity contribution in [2.75, 3.05) is 0 Å². The number of carbonyl (C=O) groups is 1. The predicted octanol–water partition coefficient (Wildman–Crippen LogP) is 3.19. The van der Waals surface area contributed by atoms with Gasteiger partial charge in [-0.05, 0) is 37.3 Å². The minimum Gasteiger partial charge on any atom is -0.342 e. The van der Waals surface area contributed by atoms with Crippen LogP contribution in [0.3, 0.4) is 0 Å². The number of nitrogens with zero attached hydrogens (tertiary/aromatic N) is 1. The molecule has 0 saturated carbocycles. The topological polar surface area (TPSA) is 57.8 Å². The highest BCUT2D eigenvalue weighted by atomic mass is 19.1. The largest absolute Gasteiger partial charge is 0.342 e. The third-order valence-corrected chi connectivity index (χ3v) is 3.25. The van der Waals surface area contributed by atoms with E-state index in [2.05, 4.69) is 15.3 Å². The number of carbonyl (C=O) groups excluding carboxylic acids is 1. The van der Waals surface area contributed by atoms with E-state index < -0.39 is 5.82 Å². The number of rotatable bonds is 3. The van der Waals surface area contributed by atoms with Crippen molar-refractivity contribution in [3.8, 4) is 0 Å². The first-order valence-electron chi connectivity index (χ1n) is 6.64. The smallest absolute Gasteiger partial charge is 0.251 e. The molecule has 1 heterocycles. The van der Waals surface area contributed by atoms with Crippen molar-refractivity contribution in [2.45, 2.75) is 13.0 Å². The van der Waals surface area contributed by atoms with E-state index in [-0.39, 0.29) is 17.5 Å². The summed E-state index contributed by atoms with van der Waals surface area (Å²) in [4.78, 5) is 19.7. The maximum Gasteiger partial charge on any atom is 0.251 e. The Labute approximate surface area is 121 Å². The zero-order valence-electron chi connectivity index (χ0n) is 11.4. The van der Waals surface area contributed by atoms with Crippen LogP contribution in [0.25, 0.3) is 11.0 Å². The van der Waals surface area contributed by atoms with Crippen LogP contribution < -0.4 is 5.32 Å². The van der Waals surface area contributed by atoms with Crippen molar-refractivity contribution < 1.29 is 9.18 Å². The molecule has 3 rings (SSSR count). The van der Waals surface area contributed by atoms with E-state index in [9.17, 15) is 9.18 Å². The quantitative estimate of drug-likeness (QED) is 0.775. The molecule has 4 nitrogen and oxygen atoms in total. The fourth-order valence-electron chi connectivity index (χ4n) is 2.16. The van der Waals surface area contributed by atoms with Gasteiger partial charge < -0.3 is 10.3 Å². The van der Waals surface area contributed by atoms with Crippen LogP contribution in [0.15, 0.2) is 48.5 Å². The summed E-state index contributed by atoms with van der Waals surface area (Å²) in [7, 11) is 0. The normalized spacial score (nSPS) is 12.3. The fourth-order valence-corrected chi connectivity index (χ4v) is 2.16. The zero-order chi connectivity index (χ0) is 14.8. The summed E-state index contributed by atoms with van der Waals surface area (Å²) in [5.74, 6) is -0.0950. The number of benzene rings is 2. The lowest BCUT2D eigenvalue weighted by molar-refractivity contribution is 0.0938. The molecule has 0 radical (unpaired) electrons. The van der Waals surface area contributed by atoms with Crippen LogP contribution >= 0.6 is 0 Å². The second kappa shape index (κ2) is 5.36. The van der Waals surface area contributed by atoms with Crippen molar-refractivity contribution in [2.24, 2.45) is 0 Å². The molecular weight excluding hydrogens is 269 g/mol. The van der Waals surface area contributed by atoms with Crippen LogP contribution in [0.1, 0.15) is 29.1 Å². The molecule has 1 unspecified atom stereocenters. The Kier molecular flexibility index (Phi) is 3.39. The predicted molar refractivity (Wildman–Crippen MR) is 78.4 cm³/mol. The number of hydrogen-bond acceptors (Lipinski definition) is 2. The van der Waals surface area contributed by atoms with Crippen molar-refractivity contribution in [3.63, 3.8) is 0 Å². The molecule has 0 fully saturated rings. The van der Waals surface area contributed by atoms with Crippen molar-refractivity contribution in [3.05, 3.63) is 65.7 Å². The molecule has 0 aliphatic carbocycles. The molecule has 0 saturated heterocycles. The molecule has 5 heteroatoms. The van der Waals surface area contributed by atoms with Crippen LogP contribution in [-0.2, 0) is 0 Å². The van der Waals surface area contributed by atoms with Gasteiger partial charge in [0.05, 0.1) is 17.1 Å². The van der Waals surface area contributed by atoms with Gasteiger partial charge in [0.25, 0.3) is 5.91 Å². The van der Waals surface area contributed by atoms with Gasteiger partial charge in [-0.3, -0.25) is 4.79 Å². The number of nitrogens with one attached hydrogen (secondary N) is 2. The molecule has 1 aromatic heterocycles. The molecule has 0 aliphatic heterocycles. The molecule has 0 aliphatic rings. The summed E-state index contributed by atoms with van der Waals surface area (Å²) in [6.07, 6.45) is 0. The van der Waals surface area contributed by atoms with E-state index in [1.165, 1.54) is 18.2 Å². The van der Waals surface area contributed by atoms with Gasteiger partial charge in [0.1, 0.15) is 11.6 Å². The van der Waals surface area contributed by atoms with Crippen LogP contribution in [0, 0.1) is 5.82 Å².